The van der Waals surface area contributed by atoms with Crippen LogP contribution in [0.25, 0.3) is 5.69 Å². The molecule has 0 atom stereocenters. The van der Waals surface area contributed by atoms with Gasteiger partial charge in [0.2, 0.25) is 10.0 Å². The quantitative estimate of drug-likeness (QED) is 0.552. The molecule has 0 bridgehead atoms. The molecule has 2 aromatic carbocycles. The second-order valence-electron chi connectivity index (χ2n) is 7.41. The minimum absolute atomic E-state index is 0.0401. The van der Waals surface area contributed by atoms with Crippen molar-refractivity contribution in [2.45, 2.75) is 11.8 Å². The highest BCUT2D eigenvalue weighted by Crippen LogP contribution is 2.27. The summed E-state index contributed by atoms with van der Waals surface area (Å²) in [6.07, 6.45) is 0. The van der Waals surface area contributed by atoms with Gasteiger partial charge in [-0.15, -0.1) is 0 Å². The maximum Gasteiger partial charge on any atom is 0.259 e. The minimum Gasteiger partial charge on any atom is -0.336 e. The Balaban J connectivity index is 1.52. The lowest BCUT2D eigenvalue weighted by Gasteiger charge is -2.34. The third kappa shape index (κ3) is 4.35. The zero-order valence-corrected chi connectivity index (χ0v) is 18.9. The molecule has 3 aromatic rings. The van der Waals surface area contributed by atoms with E-state index in [-0.39, 0.29) is 36.9 Å². The van der Waals surface area contributed by atoms with Gasteiger partial charge in [0.25, 0.3) is 5.91 Å². The number of hydrogen-bond acceptors (Lipinski definition) is 4. The van der Waals surface area contributed by atoms with E-state index in [4.69, 9.17) is 11.6 Å². The molecule has 174 valence electrons. The van der Waals surface area contributed by atoms with Crippen molar-refractivity contribution in [3.63, 3.8) is 0 Å². The van der Waals surface area contributed by atoms with E-state index in [0.717, 1.165) is 16.4 Å². The molecule has 0 spiro atoms. The van der Waals surface area contributed by atoms with Crippen LogP contribution in [0.5, 0.6) is 0 Å². The number of nitrogens with zero attached hydrogens (tertiary/aromatic N) is 4. The summed E-state index contributed by atoms with van der Waals surface area (Å²) in [5.74, 6) is -2.92. The van der Waals surface area contributed by atoms with Crippen molar-refractivity contribution in [3.8, 4) is 5.69 Å². The number of sulfonamides is 1. The first-order valence-corrected chi connectivity index (χ1v) is 11.7. The van der Waals surface area contributed by atoms with Gasteiger partial charge in [-0.05, 0) is 43.3 Å². The molecule has 4 rings (SSSR count). The Morgan fingerprint density at radius 3 is 2.18 bits per heavy atom. The number of halogens is 4. The highest BCUT2D eigenvalue weighted by molar-refractivity contribution is 7.89. The topological polar surface area (TPSA) is 75.5 Å². The van der Waals surface area contributed by atoms with Crippen LogP contribution in [0.1, 0.15) is 16.1 Å². The molecule has 2 heterocycles. The summed E-state index contributed by atoms with van der Waals surface area (Å²) in [5.41, 5.74) is 0.987. The Morgan fingerprint density at radius 2 is 1.58 bits per heavy atom. The maximum absolute atomic E-state index is 14.0. The standard InChI is InChI=1S/C21H18ClF3N4O3S/c1-13-19(20(22)29(26-13)16-5-2-14(23)3-6-16)21(30)27-8-10-28(11-9-27)33(31,32)18-7-4-15(24)12-17(18)25/h2-7,12H,8-11H2,1H3. The van der Waals surface area contributed by atoms with Gasteiger partial charge >= 0.3 is 0 Å². The second-order valence-corrected chi connectivity index (χ2v) is 9.67. The molecule has 1 aromatic heterocycles. The number of hydrogen-bond donors (Lipinski definition) is 0. The maximum atomic E-state index is 14.0. The Hall–Kier alpha value is -2.89. The van der Waals surface area contributed by atoms with Gasteiger partial charge in [0, 0.05) is 32.2 Å². The normalized spacial score (nSPS) is 15.1. The first-order valence-electron chi connectivity index (χ1n) is 9.85. The van der Waals surface area contributed by atoms with Gasteiger partial charge in [-0.3, -0.25) is 4.79 Å². The molecular weight excluding hydrogens is 481 g/mol. The van der Waals surface area contributed by atoms with Crippen molar-refractivity contribution in [2.75, 3.05) is 26.2 Å². The molecule has 33 heavy (non-hydrogen) atoms. The van der Waals surface area contributed by atoms with Crippen molar-refractivity contribution in [3.05, 3.63) is 76.3 Å². The summed E-state index contributed by atoms with van der Waals surface area (Å²) in [6, 6.07) is 7.70. The molecule has 12 heteroatoms. The van der Waals surface area contributed by atoms with Crippen LogP contribution < -0.4 is 0 Å². The van der Waals surface area contributed by atoms with Crippen molar-refractivity contribution >= 4 is 27.5 Å². The molecule has 0 radical (unpaired) electrons. The molecule has 0 N–H and O–H groups in total. The van der Waals surface area contributed by atoms with Gasteiger partial charge < -0.3 is 4.90 Å². The molecule has 1 fully saturated rings. The van der Waals surface area contributed by atoms with Gasteiger partial charge in [0.05, 0.1) is 16.9 Å². The lowest BCUT2D eigenvalue weighted by atomic mass is 10.2. The molecule has 1 amide bonds. The van der Waals surface area contributed by atoms with Crippen LogP contribution in [0.2, 0.25) is 5.15 Å². The van der Waals surface area contributed by atoms with Crippen LogP contribution in [0.3, 0.4) is 0 Å². The van der Waals surface area contributed by atoms with Gasteiger partial charge in [-0.2, -0.15) is 9.40 Å². The van der Waals surface area contributed by atoms with Crippen LogP contribution in [0, 0.1) is 24.4 Å². The summed E-state index contributed by atoms with van der Waals surface area (Å²) >= 11 is 6.41. The lowest BCUT2D eigenvalue weighted by Crippen LogP contribution is -2.50. The number of piperazine rings is 1. The van der Waals surface area contributed by atoms with Gasteiger partial charge in [0.15, 0.2) is 0 Å². The summed E-state index contributed by atoms with van der Waals surface area (Å²) in [5, 5.41) is 4.32. The van der Waals surface area contributed by atoms with E-state index in [9.17, 15) is 26.4 Å². The van der Waals surface area contributed by atoms with Crippen molar-refractivity contribution in [1.82, 2.24) is 19.0 Å². The van der Waals surface area contributed by atoms with E-state index < -0.39 is 38.3 Å². The van der Waals surface area contributed by atoms with E-state index in [1.165, 1.54) is 33.8 Å². The van der Waals surface area contributed by atoms with Crippen LogP contribution in [0.15, 0.2) is 47.4 Å². The number of carbonyl (C=O) groups is 1. The first-order chi connectivity index (χ1) is 15.6. The van der Waals surface area contributed by atoms with E-state index in [0.29, 0.717) is 17.4 Å². The SMILES string of the molecule is Cc1nn(-c2ccc(F)cc2)c(Cl)c1C(=O)N1CCN(S(=O)(=O)c2ccc(F)cc2F)CC1. The lowest BCUT2D eigenvalue weighted by molar-refractivity contribution is 0.0697. The molecule has 1 saturated heterocycles. The predicted molar refractivity (Wildman–Crippen MR) is 114 cm³/mol. The summed E-state index contributed by atoms with van der Waals surface area (Å²) < 4.78 is 68.3. The van der Waals surface area contributed by atoms with E-state index in [2.05, 4.69) is 5.10 Å². The highest BCUT2D eigenvalue weighted by Gasteiger charge is 2.34. The van der Waals surface area contributed by atoms with Gasteiger partial charge in [-0.25, -0.2) is 26.3 Å². The largest absolute Gasteiger partial charge is 0.336 e. The first kappa shape index (κ1) is 23.3. The Labute approximate surface area is 193 Å². The molecule has 0 unspecified atom stereocenters. The van der Waals surface area contributed by atoms with E-state index in [1.807, 2.05) is 0 Å². The van der Waals surface area contributed by atoms with Crippen LogP contribution >= 0.6 is 11.6 Å². The highest BCUT2D eigenvalue weighted by atomic mass is 35.5. The minimum atomic E-state index is -4.19. The fourth-order valence-electron chi connectivity index (χ4n) is 3.61. The molecule has 7 nitrogen and oxygen atoms in total. The Bertz CT molecular complexity index is 1320. The fourth-order valence-corrected chi connectivity index (χ4v) is 5.43. The van der Waals surface area contributed by atoms with Gasteiger partial charge in [0.1, 0.15) is 27.5 Å². The Morgan fingerprint density at radius 1 is 0.970 bits per heavy atom. The van der Waals surface area contributed by atoms with Crippen molar-refractivity contribution in [2.24, 2.45) is 0 Å². The average Bonchev–Trinajstić information content (AvgIpc) is 3.07. The predicted octanol–water partition coefficient (Wildman–Crippen LogP) is 3.40. The third-order valence-electron chi connectivity index (χ3n) is 5.33. The van der Waals surface area contributed by atoms with E-state index >= 15 is 0 Å². The number of amides is 1. The average molecular weight is 499 g/mol. The zero-order chi connectivity index (χ0) is 23.9. The van der Waals surface area contributed by atoms with Gasteiger partial charge in [-0.1, -0.05) is 11.6 Å². The van der Waals surface area contributed by atoms with Crippen molar-refractivity contribution < 1.29 is 26.4 Å². The number of aromatic nitrogens is 2. The molecular formula is C21H18ClF3N4O3S. The second kappa shape index (κ2) is 8.81. The molecule has 0 saturated carbocycles. The summed E-state index contributed by atoms with van der Waals surface area (Å²) in [6.45, 7) is 1.54. The summed E-state index contributed by atoms with van der Waals surface area (Å²) in [7, 11) is -4.19. The number of carbonyl (C=O) groups excluding carboxylic acids is 1. The monoisotopic (exact) mass is 498 g/mol. The Kier molecular flexibility index (Phi) is 6.21. The number of aryl methyl sites for hydroxylation is 1. The fraction of sp³-hybridized carbons (Fsp3) is 0.238. The smallest absolute Gasteiger partial charge is 0.259 e. The third-order valence-corrected chi connectivity index (χ3v) is 7.61. The van der Waals surface area contributed by atoms with Crippen LogP contribution in [-0.2, 0) is 10.0 Å². The molecule has 1 aliphatic heterocycles. The molecule has 1 aliphatic rings. The zero-order valence-electron chi connectivity index (χ0n) is 17.3. The summed E-state index contributed by atoms with van der Waals surface area (Å²) in [4.78, 5) is 13.9. The number of benzene rings is 2. The van der Waals surface area contributed by atoms with Crippen LogP contribution in [-0.4, -0.2) is 59.5 Å². The van der Waals surface area contributed by atoms with Crippen LogP contribution in [0.4, 0.5) is 13.2 Å². The van der Waals surface area contributed by atoms with Crippen molar-refractivity contribution in [1.29, 1.82) is 0 Å². The molecule has 0 aliphatic carbocycles. The van der Waals surface area contributed by atoms with E-state index in [1.54, 1.807) is 6.92 Å². The number of rotatable bonds is 4.